The summed E-state index contributed by atoms with van der Waals surface area (Å²) in [5.41, 5.74) is 4.79. The highest BCUT2D eigenvalue weighted by Gasteiger charge is 2.23. The van der Waals surface area contributed by atoms with Crippen LogP contribution in [0.2, 0.25) is 0 Å². The Morgan fingerprint density at radius 2 is 1.78 bits per heavy atom. The third-order valence-electron chi connectivity index (χ3n) is 6.70. The average molecular weight is 512 g/mol. The minimum absolute atomic E-state index is 0.300. The zero-order valence-corrected chi connectivity index (χ0v) is 20.9. The van der Waals surface area contributed by atoms with Gasteiger partial charge in [-0.15, -0.1) is 0 Å². The maximum absolute atomic E-state index is 5.54. The van der Waals surface area contributed by atoms with Crippen LogP contribution in [0.25, 0.3) is 16.9 Å². The number of piperazine rings is 1. The van der Waals surface area contributed by atoms with Crippen LogP contribution in [0.5, 0.6) is 11.5 Å². The van der Waals surface area contributed by atoms with Crippen molar-refractivity contribution in [2.45, 2.75) is 6.54 Å². The van der Waals surface area contributed by atoms with E-state index in [1.165, 1.54) is 5.56 Å². The lowest BCUT2D eigenvalue weighted by Gasteiger charge is -2.34. The summed E-state index contributed by atoms with van der Waals surface area (Å²) in [7, 11) is 0. The van der Waals surface area contributed by atoms with Crippen molar-refractivity contribution < 1.29 is 9.47 Å². The molecule has 10 heteroatoms. The Balaban J connectivity index is 1.15. The van der Waals surface area contributed by atoms with E-state index in [0.29, 0.717) is 18.6 Å². The van der Waals surface area contributed by atoms with Gasteiger partial charge >= 0.3 is 0 Å². The molecule has 186 valence electrons. The molecule has 7 rings (SSSR count). The standard InChI is InChI=1S/C27H25N7O2S/c1-2-4-20(5-3-1)29-25-24-26(34(17-28-24)21-8-13-37-16-21)31-27(30-25)33-11-9-32(10-12-33)15-19-6-7-22-23(14-19)36-18-35-22/h1-8,13-14,16-17H,9-12,15,18H2,(H,29,30,31). The Morgan fingerprint density at radius 1 is 0.919 bits per heavy atom. The largest absolute Gasteiger partial charge is 0.454 e. The van der Waals surface area contributed by atoms with Crippen molar-refractivity contribution in [2.75, 3.05) is 43.2 Å². The summed E-state index contributed by atoms with van der Waals surface area (Å²) >= 11 is 1.65. The molecule has 5 heterocycles. The van der Waals surface area contributed by atoms with Crippen LogP contribution in [0.15, 0.2) is 71.7 Å². The molecule has 1 saturated heterocycles. The smallest absolute Gasteiger partial charge is 0.231 e. The zero-order valence-electron chi connectivity index (χ0n) is 20.1. The first-order valence-corrected chi connectivity index (χ1v) is 13.2. The second kappa shape index (κ2) is 9.38. The molecule has 1 N–H and O–H groups in total. The van der Waals surface area contributed by atoms with Crippen molar-refractivity contribution in [3.63, 3.8) is 0 Å². The first kappa shape index (κ1) is 22.1. The Labute approximate surface area is 217 Å². The molecule has 2 aromatic carbocycles. The molecule has 0 spiro atoms. The van der Waals surface area contributed by atoms with Crippen LogP contribution in [0, 0.1) is 0 Å². The third-order valence-corrected chi connectivity index (χ3v) is 7.37. The maximum atomic E-state index is 5.54. The van der Waals surface area contributed by atoms with Crippen LogP contribution in [-0.2, 0) is 6.54 Å². The molecule has 3 aromatic heterocycles. The summed E-state index contributed by atoms with van der Waals surface area (Å²) in [4.78, 5) is 19.3. The molecule has 2 aliphatic rings. The quantitative estimate of drug-likeness (QED) is 0.352. The second-order valence-corrected chi connectivity index (χ2v) is 9.86. The number of nitrogens with one attached hydrogen (secondary N) is 1. The molecule has 0 amide bonds. The lowest BCUT2D eigenvalue weighted by molar-refractivity contribution is 0.174. The molecule has 0 atom stereocenters. The summed E-state index contributed by atoms with van der Waals surface area (Å²) in [6.45, 7) is 4.69. The van der Waals surface area contributed by atoms with Crippen LogP contribution in [0.3, 0.4) is 0 Å². The van der Waals surface area contributed by atoms with E-state index in [2.05, 4.69) is 49.1 Å². The van der Waals surface area contributed by atoms with Gasteiger partial charge in [-0.05, 0) is 41.3 Å². The van der Waals surface area contributed by atoms with Crippen molar-refractivity contribution in [1.29, 1.82) is 0 Å². The number of hydrogen-bond acceptors (Lipinski definition) is 9. The van der Waals surface area contributed by atoms with E-state index < -0.39 is 0 Å². The highest BCUT2D eigenvalue weighted by Crippen LogP contribution is 2.33. The van der Waals surface area contributed by atoms with Crippen molar-refractivity contribution >= 4 is 40.0 Å². The van der Waals surface area contributed by atoms with Gasteiger partial charge in [0.1, 0.15) is 6.33 Å². The average Bonchev–Trinajstić information content (AvgIpc) is 3.70. The fourth-order valence-electron chi connectivity index (χ4n) is 4.76. The summed E-state index contributed by atoms with van der Waals surface area (Å²) < 4.78 is 13.0. The minimum atomic E-state index is 0.300. The third kappa shape index (κ3) is 4.34. The van der Waals surface area contributed by atoms with Crippen LogP contribution in [0.1, 0.15) is 5.56 Å². The summed E-state index contributed by atoms with van der Waals surface area (Å²) in [6.07, 6.45) is 1.82. The molecule has 9 nitrogen and oxygen atoms in total. The molecule has 5 aromatic rings. The van der Waals surface area contributed by atoms with E-state index in [1.54, 1.807) is 11.3 Å². The monoisotopic (exact) mass is 511 g/mol. The van der Waals surface area contributed by atoms with Crippen LogP contribution < -0.4 is 19.7 Å². The lowest BCUT2D eigenvalue weighted by atomic mass is 10.1. The fourth-order valence-corrected chi connectivity index (χ4v) is 5.39. The van der Waals surface area contributed by atoms with E-state index in [4.69, 9.17) is 19.4 Å². The van der Waals surface area contributed by atoms with Gasteiger partial charge in [0.25, 0.3) is 0 Å². The number of rotatable bonds is 6. The van der Waals surface area contributed by atoms with E-state index >= 15 is 0 Å². The molecule has 1 fully saturated rings. The number of ether oxygens (including phenoxy) is 2. The van der Waals surface area contributed by atoms with Gasteiger partial charge in [0, 0.05) is 43.8 Å². The summed E-state index contributed by atoms with van der Waals surface area (Å²) in [5, 5.41) is 7.62. The van der Waals surface area contributed by atoms with Gasteiger partial charge in [0.05, 0.1) is 5.69 Å². The Bertz CT molecular complexity index is 1530. The molecule has 2 aliphatic heterocycles. The van der Waals surface area contributed by atoms with E-state index in [9.17, 15) is 0 Å². The molecular weight excluding hydrogens is 486 g/mol. The summed E-state index contributed by atoms with van der Waals surface area (Å²) in [6, 6.07) is 18.3. The highest BCUT2D eigenvalue weighted by atomic mass is 32.1. The highest BCUT2D eigenvalue weighted by molar-refractivity contribution is 7.08. The number of aromatic nitrogens is 4. The first-order chi connectivity index (χ1) is 18.3. The van der Waals surface area contributed by atoms with E-state index in [1.807, 2.05) is 47.3 Å². The number of imidazole rings is 1. The lowest BCUT2D eigenvalue weighted by Crippen LogP contribution is -2.46. The van der Waals surface area contributed by atoms with Gasteiger partial charge in [-0.3, -0.25) is 9.47 Å². The minimum Gasteiger partial charge on any atom is -0.454 e. The van der Waals surface area contributed by atoms with Crippen LogP contribution >= 0.6 is 11.3 Å². The molecule has 0 radical (unpaired) electrons. The SMILES string of the molecule is c1ccc(Nc2nc(N3CCN(Cc4ccc5c(c4)OCO5)CC3)nc3c2ncn3-c2ccsc2)cc1. The number of hydrogen-bond donors (Lipinski definition) is 1. The number of para-hydroxylation sites is 1. The summed E-state index contributed by atoms with van der Waals surface area (Å²) in [5.74, 6) is 3.08. The molecular formula is C27H25N7O2S. The predicted molar refractivity (Wildman–Crippen MR) is 144 cm³/mol. The van der Waals surface area contributed by atoms with Gasteiger partial charge in [0.2, 0.25) is 12.7 Å². The molecule has 0 bridgehead atoms. The number of thiophene rings is 1. The Morgan fingerprint density at radius 3 is 2.62 bits per heavy atom. The van der Waals surface area contributed by atoms with Gasteiger partial charge < -0.3 is 19.7 Å². The number of benzene rings is 2. The predicted octanol–water partition coefficient (Wildman–Crippen LogP) is 4.67. The van der Waals surface area contributed by atoms with Gasteiger partial charge in [-0.1, -0.05) is 24.3 Å². The molecule has 37 heavy (non-hydrogen) atoms. The second-order valence-electron chi connectivity index (χ2n) is 9.08. The number of anilines is 3. The van der Waals surface area contributed by atoms with Crippen molar-refractivity contribution in [3.05, 3.63) is 77.2 Å². The van der Waals surface area contributed by atoms with Gasteiger partial charge in [-0.25, -0.2) is 4.98 Å². The Hall–Kier alpha value is -4.15. The molecule has 0 saturated carbocycles. The van der Waals surface area contributed by atoms with E-state index in [-0.39, 0.29) is 0 Å². The topological polar surface area (TPSA) is 80.6 Å². The van der Waals surface area contributed by atoms with Crippen molar-refractivity contribution in [1.82, 2.24) is 24.4 Å². The van der Waals surface area contributed by atoms with E-state index in [0.717, 1.165) is 66.8 Å². The van der Waals surface area contributed by atoms with Crippen LogP contribution in [0.4, 0.5) is 17.5 Å². The number of nitrogens with zero attached hydrogens (tertiary/aromatic N) is 6. The van der Waals surface area contributed by atoms with Gasteiger partial charge in [0.15, 0.2) is 28.5 Å². The van der Waals surface area contributed by atoms with Crippen molar-refractivity contribution in [3.8, 4) is 17.2 Å². The van der Waals surface area contributed by atoms with Crippen LogP contribution in [-0.4, -0.2) is 57.4 Å². The maximum Gasteiger partial charge on any atom is 0.231 e. The van der Waals surface area contributed by atoms with Gasteiger partial charge in [-0.2, -0.15) is 21.3 Å². The number of fused-ring (bicyclic) bond motifs is 2. The normalized spacial score (nSPS) is 15.4. The first-order valence-electron chi connectivity index (χ1n) is 12.3. The molecule has 0 aliphatic carbocycles. The fraction of sp³-hybridized carbons (Fsp3) is 0.222. The van der Waals surface area contributed by atoms with Crippen molar-refractivity contribution in [2.24, 2.45) is 0 Å². The Kier molecular flexibility index (Phi) is 5.60. The molecule has 0 unspecified atom stereocenters. The zero-order chi connectivity index (χ0) is 24.6.